The molecule has 0 saturated heterocycles. The van der Waals surface area contributed by atoms with Crippen molar-refractivity contribution in [3.05, 3.63) is 54.0 Å². The van der Waals surface area contributed by atoms with Gasteiger partial charge in [-0.25, -0.2) is 0 Å². The maximum Gasteiger partial charge on any atom is 0.224 e. The van der Waals surface area contributed by atoms with E-state index in [4.69, 9.17) is 9.47 Å². The Morgan fingerprint density at radius 3 is 2.83 bits per heavy atom. The van der Waals surface area contributed by atoms with Crippen molar-refractivity contribution in [2.24, 2.45) is 0 Å². The summed E-state index contributed by atoms with van der Waals surface area (Å²) in [5.41, 5.74) is 1.51. The third kappa shape index (κ3) is 3.29. The first-order valence-corrected chi connectivity index (χ1v) is 7.47. The van der Waals surface area contributed by atoms with E-state index in [2.05, 4.69) is 15.5 Å². The minimum atomic E-state index is -0.130. The number of amides is 1. The van der Waals surface area contributed by atoms with E-state index < -0.39 is 0 Å². The first-order valence-electron chi connectivity index (χ1n) is 7.47. The summed E-state index contributed by atoms with van der Waals surface area (Å²) in [4.78, 5) is 12.2. The smallest absolute Gasteiger partial charge is 0.224 e. The van der Waals surface area contributed by atoms with Crippen LogP contribution >= 0.6 is 0 Å². The Kier molecular flexibility index (Phi) is 4.60. The second kappa shape index (κ2) is 6.99. The van der Waals surface area contributed by atoms with Gasteiger partial charge >= 0.3 is 0 Å². The molecule has 0 radical (unpaired) electrons. The molecule has 124 valence electrons. The van der Waals surface area contributed by atoms with Gasteiger partial charge in [0.1, 0.15) is 11.5 Å². The van der Waals surface area contributed by atoms with Crippen molar-refractivity contribution in [2.45, 2.75) is 13.0 Å². The van der Waals surface area contributed by atoms with Crippen LogP contribution in [0.2, 0.25) is 0 Å². The van der Waals surface area contributed by atoms with Gasteiger partial charge in [-0.2, -0.15) is 0 Å². The third-order valence-corrected chi connectivity index (χ3v) is 3.67. The summed E-state index contributed by atoms with van der Waals surface area (Å²) in [6.45, 7) is 0.302. The highest BCUT2D eigenvalue weighted by Gasteiger charge is 2.11. The van der Waals surface area contributed by atoms with Crippen molar-refractivity contribution in [1.82, 2.24) is 19.9 Å². The van der Waals surface area contributed by atoms with E-state index in [1.807, 2.05) is 28.8 Å². The summed E-state index contributed by atoms with van der Waals surface area (Å²) >= 11 is 0. The molecule has 3 aromatic rings. The molecular weight excluding hydrogens is 308 g/mol. The monoisotopic (exact) mass is 326 g/mol. The van der Waals surface area contributed by atoms with Crippen LogP contribution in [0.5, 0.6) is 11.5 Å². The number of hydrogen-bond donors (Lipinski definition) is 1. The Labute approximate surface area is 139 Å². The number of fused-ring (bicyclic) bond motifs is 1. The fourth-order valence-corrected chi connectivity index (χ4v) is 2.44. The van der Waals surface area contributed by atoms with Crippen LogP contribution in [0.1, 0.15) is 11.4 Å². The van der Waals surface area contributed by atoms with Gasteiger partial charge in [0.15, 0.2) is 11.5 Å². The van der Waals surface area contributed by atoms with Gasteiger partial charge in [-0.15, -0.1) is 10.2 Å². The van der Waals surface area contributed by atoms with Crippen molar-refractivity contribution in [2.75, 3.05) is 14.2 Å². The standard InChI is InChI=1S/C17H18N4O3/c1-23-13-6-7-14(24-2)12(9-13)10-17(22)18-11-16-20-19-15-5-3-4-8-21(15)16/h3-9H,10-11H2,1-2H3,(H,18,22). The molecule has 2 heterocycles. The molecule has 0 aliphatic heterocycles. The number of hydrogen-bond acceptors (Lipinski definition) is 5. The zero-order valence-electron chi connectivity index (χ0n) is 13.5. The predicted octanol–water partition coefficient (Wildman–Crippen LogP) is 1.61. The molecule has 0 aliphatic carbocycles. The van der Waals surface area contributed by atoms with Crippen LogP contribution in [0.25, 0.3) is 5.65 Å². The van der Waals surface area contributed by atoms with Gasteiger partial charge in [0.25, 0.3) is 0 Å². The SMILES string of the molecule is COc1ccc(OC)c(CC(=O)NCc2nnc3ccccn23)c1. The maximum atomic E-state index is 12.2. The summed E-state index contributed by atoms with van der Waals surface area (Å²) < 4.78 is 12.3. The molecule has 0 unspecified atom stereocenters. The second-order valence-electron chi connectivity index (χ2n) is 5.18. The molecule has 0 aliphatic rings. The Bertz CT molecular complexity index is 860. The summed E-state index contributed by atoms with van der Waals surface area (Å²) in [5.74, 6) is 1.88. The number of aromatic nitrogens is 3. The molecule has 3 rings (SSSR count). The number of carbonyl (C=O) groups is 1. The number of nitrogens with zero attached hydrogens (tertiary/aromatic N) is 3. The quantitative estimate of drug-likeness (QED) is 0.744. The van der Waals surface area contributed by atoms with E-state index in [0.717, 1.165) is 11.2 Å². The van der Waals surface area contributed by atoms with E-state index in [-0.39, 0.29) is 12.3 Å². The van der Waals surface area contributed by atoms with Gasteiger partial charge in [0.05, 0.1) is 27.2 Å². The summed E-state index contributed by atoms with van der Waals surface area (Å²) in [7, 11) is 3.16. The zero-order valence-corrected chi connectivity index (χ0v) is 13.5. The highest BCUT2D eigenvalue weighted by molar-refractivity contribution is 5.79. The van der Waals surface area contributed by atoms with Gasteiger partial charge in [0, 0.05) is 11.8 Å². The minimum Gasteiger partial charge on any atom is -0.497 e. The number of rotatable bonds is 6. The first-order chi connectivity index (χ1) is 11.7. The van der Waals surface area contributed by atoms with Gasteiger partial charge in [-0.3, -0.25) is 9.20 Å². The van der Waals surface area contributed by atoms with Crippen molar-refractivity contribution in [3.63, 3.8) is 0 Å². The lowest BCUT2D eigenvalue weighted by molar-refractivity contribution is -0.120. The van der Waals surface area contributed by atoms with Crippen LogP contribution in [-0.4, -0.2) is 34.7 Å². The van der Waals surface area contributed by atoms with Crippen LogP contribution in [0.4, 0.5) is 0 Å². The van der Waals surface area contributed by atoms with E-state index in [1.54, 1.807) is 32.4 Å². The predicted molar refractivity (Wildman–Crippen MR) is 88.1 cm³/mol. The Morgan fingerprint density at radius 1 is 1.17 bits per heavy atom. The molecule has 0 fully saturated rings. The Balaban J connectivity index is 1.68. The zero-order chi connectivity index (χ0) is 16.9. The van der Waals surface area contributed by atoms with Crippen LogP contribution in [0, 0.1) is 0 Å². The highest BCUT2D eigenvalue weighted by atomic mass is 16.5. The molecule has 0 spiro atoms. The largest absolute Gasteiger partial charge is 0.497 e. The van der Waals surface area contributed by atoms with E-state index in [9.17, 15) is 4.79 Å². The van der Waals surface area contributed by atoms with E-state index >= 15 is 0 Å². The Morgan fingerprint density at radius 2 is 2.04 bits per heavy atom. The first kappa shape index (κ1) is 15.8. The Hall–Kier alpha value is -3.09. The van der Waals surface area contributed by atoms with Gasteiger partial charge in [-0.1, -0.05) is 6.07 Å². The van der Waals surface area contributed by atoms with Gasteiger partial charge in [-0.05, 0) is 30.3 Å². The molecule has 0 atom stereocenters. The van der Waals surface area contributed by atoms with E-state index in [1.165, 1.54) is 0 Å². The number of methoxy groups -OCH3 is 2. The molecule has 1 amide bonds. The number of carbonyl (C=O) groups excluding carboxylic acids is 1. The highest BCUT2D eigenvalue weighted by Crippen LogP contribution is 2.24. The average Bonchev–Trinajstić information content (AvgIpc) is 3.03. The normalized spacial score (nSPS) is 10.6. The van der Waals surface area contributed by atoms with E-state index in [0.29, 0.717) is 23.9 Å². The van der Waals surface area contributed by atoms with Crippen molar-refractivity contribution >= 4 is 11.6 Å². The van der Waals surface area contributed by atoms with Gasteiger partial charge < -0.3 is 14.8 Å². The number of benzene rings is 1. The minimum absolute atomic E-state index is 0.130. The second-order valence-corrected chi connectivity index (χ2v) is 5.18. The summed E-state index contributed by atoms with van der Waals surface area (Å²) in [6, 6.07) is 11.0. The summed E-state index contributed by atoms with van der Waals surface area (Å²) in [6.07, 6.45) is 2.05. The van der Waals surface area contributed by atoms with Crippen molar-refractivity contribution in [3.8, 4) is 11.5 Å². The summed E-state index contributed by atoms with van der Waals surface area (Å²) in [5, 5.41) is 11.0. The average molecular weight is 326 g/mol. The van der Waals surface area contributed by atoms with Crippen LogP contribution in [0.3, 0.4) is 0 Å². The molecule has 2 aromatic heterocycles. The molecule has 7 nitrogen and oxygen atoms in total. The number of nitrogens with one attached hydrogen (secondary N) is 1. The molecule has 24 heavy (non-hydrogen) atoms. The topological polar surface area (TPSA) is 77.8 Å². The van der Waals surface area contributed by atoms with Crippen LogP contribution < -0.4 is 14.8 Å². The third-order valence-electron chi connectivity index (χ3n) is 3.67. The lowest BCUT2D eigenvalue weighted by Gasteiger charge is -2.10. The fraction of sp³-hybridized carbons (Fsp3) is 0.235. The molecular formula is C17H18N4O3. The molecule has 1 aromatic carbocycles. The van der Waals surface area contributed by atoms with Crippen LogP contribution in [0.15, 0.2) is 42.6 Å². The fourth-order valence-electron chi connectivity index (χ4n) is 2.44. The lowest BCUT2D eigenvalue weighted by Crippen LogP contribution is -2.25. The molecule has 0 bridgehead atoms. The van der Waals surface area contributed by atoms with Crippen molar-refractivity contribution in [1.29, 1.82) is 0 Å². The number of pyridine rings is 1. The lowest BCUT2D eigenvalue weighted by atomic mass is 10.1. The van der Waals surface area contributed by atoms with Crippen molar-refractivity contribution < 1.29 is 14.3 Å². The molecule has 0 saturated carbocycles. The molecule has 7 heteroatoms. The van der Waals surface area contributed by atoms with Crippen LogP contribution in [-0.2, 0) is 17.8 Å². The maximum absolute atomic E-state index is 12.2. The number of ether oxygens (including phenoxy) is 2. The molecule has 1 N–H and O–H groups in total. The van der Waals surface area contributed by atoms with Gasteiger partial charge in [0.2, 0.25) is 5.91 Å².